The highest BCUT2D eigenvalue weighted by Gasteiger charge is 2.34. The molecular formula is C14H29N5OSi3. The number of fused-ring (bicyclic) bond motifs is 1. The van der Waals surface area contributed by atoms with E-state index < -0.39 is 24.5 Å². The molecule has 6 nitrogen and oxygen atoms in total. The van der Waals surface area contributed by atoms with Crippen molar-refractivity contribution in [2.75, 3.05) is 5.73 Å². The van der Waals surface area contributed by atoms with Gasteiger partial charge in [0.05, 0.1) is 5.45 Å². The lowest BCUT2D eigenvalue weighted by molar-refractivity contribution is 1.02. The maximum Gasteiger partial charge on any atom is 0.272 e. The second kappa shape index (κ2) is 5.15. The van der Waals surface area contributed by atoms with Gasteiger partial charge in [-0.2, -0.15) is 4.98 Å². The molecule has 9 heteroatoms. The van der Waals surface area contributed by atoms with Crippen LogP contribution in [0.25, 0.3) is 11.2 Å². The van der Waals surface area contributed by atoms with Crippen LogP contribution in [0.4, 0.5) is 5.95 Å². The number of imidazole rings is 1. The van der Waals surface area contributed by atoms with Crippen LogP contribution in [-0.2, 0) is 0 Å². The van der Waals surface area contributed by atoms with E-state index in [1.54, 1.807) is 4.23 Å². The van der Waals surface area contributed by atoms with Crippen LogP contribution >= 0.6 is 0 Å². The molecule has 0 spiro atoms. The SMILES string of the molecule is C[Si](C)(C)c1nc2nc(N)n([Si](C)(C)C)c(=O)c2n1[Si](C)(C)C. The largest absolute Gasteiger partial charge is 0.370 e. The van der Waals surface area contributed by atoms with Crippen LogP contribution in [0.3, 0.4) is 0 Å². The highest BCUT2D eigenvalue weighted by atomic mass is 28.3. The fourth-order valence-electron chi connectivity index (χ4n) is 2.85. The van der Waals surface area contributed by atoms with Crippen LogP contribution in [0.15, 0.2) is 4.79 Å². The molecule has 23 heavy (non-hydrogen) atoms. The first-order valence-electron chi connectivity index (χ1n) is 7.98. The lowest BCUT2D eigenvalue weighted by Crippen LogP contribution is -2.53. The zero-order valence-electron chi connectivity index (χ0n) is 15.8. The minimum absolute atomic E-state index is 0.0221. The Morgan fingerprint density at radius 1 is 0.826 bits per heavy atom. The van der Waals surface area contributed by atoms with Gasteiger partial charge in [0.25, 0.3) is 5.56 Å². The number of nitrogens with zero attached hydrogens (tertiary/aromatic N) is 4. The zero-order valence-corrected chi connectivity index (χ0v) is 18.8. The Kier molecular flexibility index (Phi) is 4.06. The Morgan fingerprint density at radius 3 is 1.70 bits per heavy atom. The average Bonchev–Trinajstić information content (AvgIpc) is 2.65. The quantitative estimate of drug-likeness (QED) is 0.843. The summed E-state index contributed by atoms with van der Waals surface area (Å²) in [6.45, 7) is 19.8. The molecule has 128 valence electrons. The van der Waals surface area contributed by atoms with Gasteiger partial charge in [-0.25, -0.2) is 4.98 Å². The number of hydrogen-bond donors (Lipinski definition) is 1. The van der Waals surface area contributed by atoms with Crippen molar-refractivity contribution >= 4 is 47.1 Å². The van der Waals surface area contributed by atoms with Gasteiger partial charge in [-0.05, 0) is 0 Å². The van der Waals surface area contributed by atoms with Gasteiger partial charge in [0.1, 0.15) is 13.6 Å². The lowest BCUT2D eigenvalue weighted by atomic mass is 10.5. The lowest BCUT2D eigenvalue weighted by Gasteiger charge is -2.27. The van der Waals surface area contributed by atoms with Gasteiger partial charge in [-0.1, -0.05) is 58.9 Å². The minimum atomic E-state index is -1.96. The van der Waals surface area contributed by atoms with E-state index in [1.807, 2.05) is 0 Å². The molecule has 0 atom stereocenters. The molecule has 0 amide bonds. The van der Waals surface area contributed by atoms with E-state index in [1.165, 1.54) is 0 Å². The molecule has 2 rings (SSSR count). The molecule has 2 N–H and O–H groups in total. The molecule has 0 aliphatic rings. The summed E-state index contributed by atoms with van der Waals surface area (Å²) in [4.78, 5) is 22.5. The van der Waals surface area contributed by atoms with Crippen LogP contribution in [0.5, 0.6) is 0 Å². The molecule has 0 radical (unpaired) electrons. The number of nitrogen functional groups attached to an aromatic ring is 1. The van der Waals surface area contributed by atoms with Gasteiger partial charge < -0.3 is 14.2 Å². The molecule has 0 aromatic carbocycles. The van der Waals surface area contributed by atoms with Crippen molar-refractivity contribution in [2.45, 2.75) is 58.9 Å². The molecule has 0 unspecified atom stereocenters. The van der Waals surface area contributed by atoms with Crippen molar-refractivity contribution in [3.63, 3.8) is 0 Å². The van der Waals surface area contributed by atoms with Crippen LogP contribution < -0.4 is 16.7 Å². The maximum atomic E-state index is 13.3. The summed E-state index contributed by atoms with van der Waals surface area (Å²) in [6, 6.07) is 0. The van der Waals surface area contributed by atoms with Gasteiger partial charge in [-0.3, -0.25) is 4.79 Å². The standard InChI is InChI=1S/C14H29N5OSi3/c1-21(2,3)14-17-11-10(18(14)22(4,5)6)12(20)19(13(15)16-11)23(7,8)9/h1-9H3,(H2,15,16). The molecular weight excluding hydrogens is 338 g/mol. The smallest absolute Gasteiger partial charge is 0.272 e. The first-order chi connectivity index (χ1) is 10.2. The molecule has 0 aliphatic carbocycles. The van der Waals surface area contributed by atoms with Crippen molar-refractivity contribution in [2.24, 2.45) is 0 Å². The second-order valence-corrected chi connectivity index (χ2v) is 23.7. The van der Waals surface area contributed by atoms with Crippen molar-refractivity contribution in [3.05, 3.63) is 10.4 Å². The number of rotatable bonds is 3. The highest BCUT2D eigenvalue weighted by molar-refractivity contribution is 6.90. The monoisotopic (exact) mass is 367 g/mol. The Balaban J connectivity index is 3.08. The number of aromatic nitrogens is 4. The molecule has 0 saturated heterocycles. The maximum absolute atomic E-state index is 13.3. The van der Waals surface area contributed by atoms with E-state index in [0.29, 0.717) is 17.1 Å². The third kappa shape index (κ3) is 3.09. The van der Waals surface area contributed by atoms with Gasteiger partial charge in [0, 0.05) is 0 Å². The van der Waals surface area contributed by atoms with Crippen LogP contribution in [0, 0.1) is 0 Å². The van der Waals surface area contributed by atoms with Crippen molar-refractivity contribution in [1.82, 2.24) is 18.4 Å². The Bertz CT molecular complexity index is 819. The van der Waals surface area contributed by atoms with E-state index in [2.05, 4.69) is 68.1 Å². The van der Waals surface area contributed by atoms with Crippen LogP contribution in [0.1, 0.15) is 0 Å². The van der Waals surface area contributed by atoms with Gasteiger partial charge in [0.2, 0.25) is 0 Å². The minimum Gasteiger partial charge on any atom is -0.370 e. The zero-order chi connectivity index (χ0) is 18.0. The van der Waals surface area contributed by atoms with Crippen LogP contribution in [0.2, 0.25) is 58.9 Å². The van der Waals surface area contributed by atoms with Crippen molar-refractivity contribution in [1.29, 1.82) is 0 Å². The molecule has 0 saturated carbocycles. The van der Waals surface area contributed by atoms with E-state index in [0.717, 1.165) is 5.45 Å². The Hall–Kier alpha value is -1.20. The molecule has 2 aromatic heterocycles. The number of anilines is 1. The van der Waals surface area contributed by atoms with Gasteiger partial charge in [0.15, 0.2) is 28.1 Å². The summed E-state index contributed by atoms with van der Waals surface area (Å²) in [7, 11) is -5.48. The molecule has 0 aliphatic heterocycles. The highest BCUT2D eigenvalue weighted by Crippen LogP contribution is 2.18. The first-order valence-corrected chi connectivity index (χ1v) is 18.4. The van der Waals surface area contributed by atoms with Crippen molar-refractivity contribution in [3.8, 4) is 0 Å². The predicted octanol–water partition coefficient (Wildman–Crippen LogP) is 2.09. The molecule has 0 fully saturated rings. The summed E-state index contributed by atoms with van der Waals surface area (Å²) in [6.07, 6.45) is 0. The summed E-state index contributed by atoms with van der Waals surface area (Å²) in [5.41, 5.74) is 8.31. The average molecular weight is 368 g/mol. The van der Waals surface area contributed by atoms with E-state index in [-0.39, 0.29) is 5.56 Å². The van der Waals surface area contributed by atoms with E-state index in [9.17, 15) is 4.79 Å². The second-order valence-electron chi connectivity index (χ2n) is 9.15. The topological polar surface area (TPSA) is 78.7 Å². The number of hydrogen-bond acceptors (Lipinski definition) is 4. The summed E-state index contributed by atoms with van der Waals surface area (Å²) < 4.78 is 3.96. The summed E-state index contributed by atoms with van der Waals surface area (Å²) in [5.74, 6) is 0.295. The molecule has 0 bridgehead atoms. The fraction of sp³-hybridized carbons (Fsp3) is 0.643. The summed E-state index contributed by atoms with van der Waals surface area (Å²) >= 11 is 0. The van der Waals surface area contributed by atoms with E-state index in [4.69, 9.17) is 10.7 Å². The Labute approximate surface area is 140 Å². The van der Waals surface area contributed by atoms with Crippen LogP contribution in [-0.4, -0.2) is 43.0 Å². The normalized spacial score (nSPS) is 13.8. The fourth-order valence-corrected chi connectivity index (χ4v) is 9.09. The third-order valence-corrected chi connectivity index (χ3v) is 9.18. The Morgan fingerprint density at radius 2 is 1.30 bits per heavy atom. The summed E-state index contributed by atoms with van der Waals surface area (Å²) in [5, 5.41) is 0. The molecule has 2 heterocycles. The number of nitrogens with two attached hydrogens (primary N) is 1. The van der Waals surface area contributed by atoms with Gasteiger partial charge in [-0.15, -0.1) is 0 Å². The molecule has 2 aromatic rings. The van der Waals surface area contributed by atoms with E-state index >= 15 is 0 Å². The van der Waals surface area contributed by atoms with Gasteiger partial charge >= 0.3 is 0 Å². The third-order valence-electron chi connectivity index (χ3n) is 3.73. The van der Waals surface area contributed by atoms with Crippen molar-refractivity contribution < 1.29 is 0 Å². The predicted molar refractivity (Wildman–Crippen MR) is 107 cm³/mol. The first kappa shape index (κ1) is 18.1.